The molecule has 0 saturated carbocycles. The Kier molecular flexibility index (Phi) is 4.73. The number of thiazole rings is 1. The van der Waals surface area contributed by atoms with Crippen molar-refractivity contribution in [1.29, 1.82) is 0 Å². The van der Waals surface area contributed by atoms with Gasteiger partial charge in [-0.3, -0.25) is 9.48 Å². The molecule has 0 aliphatic rings. The molecule has 0 atom stereocenters. The van der Waals surface area contributed by atoms with Crippen molar-refractivity contribution in [1.82, 2.24) is 19.7 Å². The minimum atomic E-state index is -0.205. The number of amides is 1. The summed E-state index contributed by atoms with van der Waals surface area (Å²) in [4.78, 5) is 18.9. The summed E-state index contributed by atoms with van der Waals surface area (Å²) in [6, 6.07) is 7.84. The van der Waals surface area contributed by atoms with E-state index in [1.165, 1.54) is 11.3 Å². The fraction of sp³-hybridized carbons (Fsp3) is 0.235. The van der Waals surface area contributed by atoms with E-state index < -0.39 is 0 Å². The van der Waals surface area contributed by atoms with Crippen LogP contribution in [0.4, 0.5) is 5.69 Å². The maximum absolute atomic E-state index is 12.4. The van der Waals surface area contributed by atoms with Gasteiger partial charge in [-0.2, -0.15) is 5.10 Å². The van der Waals surface area contributed by atoms with Gasteiger partial charge < -0.3 is 10.2 Å². The van der Waals surface area contributed by atoms with E-state index in [1.807, 2.05) is 51.6 Å². The fourth-order valence-corrected chi connectivity index (χ4v) is 3.13. The van der Waals surface area contributed by atoms with E-state index >= 15 is 0 Å². The van der Waals surface area contributed by atoms with Gasteiger partial charge in [-0.05, 0) is 31.8 Å². The Labute approximate surface area is 144 Å². The number of carbonyl (C=O) groups is 1. The average Bonchev–Trinajstić information content (AvgIpc) is 3.15. The highest BCUT2D eigenvalue weighted by Crippen LogP contribution is 2.23. The SMILES string of the molecule is CN(C)Cc1cccc(NC(=O)c2csc(-c3cnn(C)c3)n2)c1. The standard InChI is InChI=1S/C17H19N5OS/c1-21(2)9-12-5-4-6-14(7-12)19-16(23)15-11-24-17(20-15)13-8-18-22(3)10-13/h4-8,10-11H,9H2,1-3H3,(H,19,23). The van der Waals surface area contributed by atoms with Crippen LogP contribution in [0, 0.1) is 0 Å². The van der Waals surface area contributed by atoms with Crippen LogP contribution < -0.4 is 5.32 Å². The van der Waals surface area contributed by atoms with E-state index in [1.54, 1.807) is 16.3 Å². The summed E-state index contributed by atoms with van der Waals surface area (Å²) in [5.41, 5.74) is 3.24. The highest BCUT2D eigenvalue weighted by molar-refractivity contribution is 7.13. The molecule has 2 heterocycles. The molecule has 124 valence electrons. The zero-order valence-corrected chi connectivity index (χ0v) is 14.7. The van der Waals surface area contributed by atoms with E-state index in [9.17, 15) is 4.79 Å². The monoisotopic (exact) mass is 341 g/mol. The number of aryl methyl sites for hydroxylation is 1. The van der Waals surface area contributed by atoms with Crippen molar-refractivity contribution >= 4 is 22.9 Å². The number of hydrogen-bond donors (Lipinski definition) is 1. The predicted octanol–water partition coefficient (Wildman–Crippen LogP) is 2.86. The maximum Gasteiger partial charge on any atom is 0.275 e. The first-order valence-electron chi connectivity index (χ1n) is 7.51. The molecule has 7 heteroatoms. The second-order valence-electron chi connectivity index (χ2n) is 5.83. The van der Waals surface area contributed by atoms with Crippen LogP contribution >= 0.6 is 11.3 Å². The van der Waals surface area contributed by atoms with Crippen LogP contribution in [0.25, 0.3) is 10.6 Å². The van der Waals surface area contributed by atoms with Crippen LogP contribution in [0.1, 0.15) is 16.1 Å². The zero-order valence-electron chi connectivity index (χ0n) is 13.9. The van der Waals surface area contributed by atoms with Gasteiger partial charge in [0.15, 0.2) is 0 Å². The van der Waals surface area contributed by atoms with Crippen molar-refractivity contribution in [2.45, 2.75) is 6.54 Å². The first kappa shape index (κ1) is 16.4. The molecule has 24 heavy (non-hydrogen) atoms. The molecule has 0 radical (unpaired) electrons. The molecule has 0 fully saturated rings. The van der Waals surface area contributed by atoms with Crippen LogP contribution in [-0.2, 0) is 13.6 Å². The van der Waals surface area contributed by atoms with Crippen molar-refractivity contribution in [2.24, 2.45) is 7.05 Å². The molecule has 3 aromatic rings. The van der Waals surface area contributed by atoms with Crippen LogP contribution in [0.3, 0.4) is 0 Å². The number of carbonyl (C=O) groups excluding carboxylic acids is 1. The van der Waals surface area contributed by atoms with Crippen LogP contribution in [-0.4, -0.2) is 39.7 Å². The Hall–Kier alpha value is -2.51. The summed E-state index contributed by atoms with van der Waals surface area (Å²) in [5.74, 6) is -0.205. The number of hydrogen-bond acceptors (Lipinski definition) is 5. The summed E-state index contributed by atoms with van der Waals surface area (Å²) in [6.07, 6.45) is 3.62. The second-order valence-corrected chi connectivity index (χ2v) is 6.69. The Morgan fingerprint density at radius 2 is 2.21 bits per heavy atom. The Morgan fingerprint density at radius 3 is 2.92 bits per heavy atom. The van der Waals surface area contributed by atoms with Crippen molar-refractivity contribution in [2.75, 3.05) is 19.4 Å². The molecule has 0 unspecified atom stereocenters. The molecule has 0 aliphatic carbocycles. The quantitative estimate of drug-likeness (QED) is 0.775. The van der Waals surface area contributed by atoms with Gasteiger partial charge in [0.05, 0.1) is 6.20 Å². The van der Waals surface area contributed by atoms with E-state index in [0.29, 0.717) is 5.69 Å². The Balaban J connectivity index is 1.72. The van der Waals surface area contributed by atoms with Gasteiger partial charge in [-0.25, -0.2) is 4.98 Å². The molecule has 1 amide bonds. The van der Waals surface area contributed by atoms with Crippen LogP contribution in [0.2, 0.25) is 0 Å². The second kappa shape index (κ2) is 6.94. The maximum atomic E-state index is 12.4. The molecule has 2 aromatic heterocycles. The molecule has 0 aliphatic heterocycles. The molecule has 3 rings (SSSR count). The van der Waals surface area contributed by atoms with Crippen molar-refractivity contribution in [3.05, 3.63) is 53.3 Å². The summed E-state index contributed by atoms with van der Waals surface area (Å²) >= 11 is 1.43. The van der Waals surface area contributed by atoms with Crippen molar-refractivity contribution < 1.29 is 4.79 Å². The number of nitrogens with zero attached hydrogens (tertiary/aromatic N) is 4. The highest BCUT2D eigenvalue weighted by Gasteiger charge is 2.13. The smallest absolute Gasteiger partial charge is 0.275 e. The number of anilines is 1. The number of benzene rings is 1. The normalized spacial score (nSPS) is 11.0. The molecule has 1 aromatic carbocycles. The molecule has 0 bridgehead atoms. The topological polar surface area (TPSA) is 63.1 Å². The third-order valence-corrected chi connectivity index (χ3v) is 4.26. The first-order valence-corrected chi connectivity index (χ1v) is 8.39. The lowest BCUT2D eigenvalue weighted by Gasteiger charge is -2.11. The Morgan fingerprint density at radius 1 is 1.38 bits per heavy atom. The fourth-order valence-electron chi connectivity index (χ4n) is 2.35. The van der Waals surface area contributed by atoms with E-state index in [0.717, 1.165) is 28.4 Å². The lowest BCUT2D eigenvalue weighted by atomic mass is 10.2. The Bertz CT molecular complexity index is 852. The summed E-state index contributed by atoms with van der Waals surface area (Å²) in [6.45, 7) is 0.825. The average molecular weight is 341 g/mol. The zero-order chi connectivity index (χ0) is 17.1. The van der Waals surface area contributed by atoms with Crippen LogP contribution in [0.15, 0.2) is 42.0 Å². The number of rotatable bonds is 5. The van der Waals surface area contributed by atoms with Crippen LogP contribution in [0.5, 0.6) is 0 Å². The summed E-state index contributed by atoms with van der Waals surface area (Å²) in [7, 11) is 5.88. The van der Waals surface area contributed by atoms with Crippen molar-refractivity contribution in [3.63, 3.8) is 0 Å². The third-order valence-electron chi connectivity index (χ3n) is 3.37. The van der Waals surface area contributed by atoms with Gasteiger partial charge in [0.2, 0.25) is 0 Å². The molecule has 0 spiro atoms. The molecule has 0 saturated heterocycles. The van der Waals surface area contributed by atoms with Gasteiger partial charge in [0.1, 0.15) is 10.7 Å². The summed E-state index contributed by atoms with van der Waals surface area (Å²) < 4.78 is 1.72. The molecule has 6 nitrogen and oxygen atoms in total. The molecular weight excluding hydrogens is 322 g/mol. The number of aromatic nitrogens is 3. The minimum absolute atomic E-state index is 0.205. The van der Waals surface area contributed by atoms with Gasteiger partial charge in [-0.15, -0.1) is 11.3 Å². The lowest BCUT2D eigenvalue weighted by molar-refractivity contribution is 0.102. The predicted molar refractivity (Wildman–Crippen MR) is 96.1 cm³/mol. The first-order chi connectivity index (χ1) is 11.5. The van der Waals surface area contributed by atoms with E-state index in [2.05, 4.69) is 20.3 Å². The largest absolute Gasteiger partial charge is 0.321 e. The third kappa shape index (κ3) is 3.87. The van der Waals surface area contributed by atoms with Gasteiger partial charge >= 0.3 is 0 Å². The van der Waals surface area contributed by atoms with Gasteiger partial charge in [0.25, 0.3) is 5.91 Å². The van der Waals surface area contributed by atoms with Gasteiger partial charge in [-0.1, -0.05) is 12.1 Å². The molecular formula is C17H19N5OS. The minimum Gasteiger partial charge on any atom is -0.321 e. The summed E-state index contributed by atoms with van der Waals surface area (Å²) in [5, 5.41) is 9.59. The van der Waals surface area contributed by atoms with Gasteiger partial charge in [0, 0.05) is 36.4 Å². The van der Waals surface area contributed by atoms with E-state index in [-0.39, 0.29) is 5.91 Å². The number of nitrogens with one attached hydrogen (secondary N) is 1. The van der Waals surface area contributed by atoms with Crippen molar-refractivity contribution in [3.8, 4) is 10.6 Å². The van der Waals surface area contributed by atoms with E-state index in [4.69, 9.17) is 0 Å². The molecule has 1 N–H and O–H groups in total. The lowest BCUT2D eigenvalue weighted by Crippen LogP contribution is -2.14. The highest BCUT2D eigenvalue weighted by atomic mass is 32.1.